The molecular formula is C18H26BrN3O2. The Labute approximate surface area is 152 Å². The second kappa shape index (κ2) is 7.42. The van der Waals surface area contributed by atoms with E-state index < -0.39 is 11.8 Å². The van der Waals surface area contributed by atoms with Gasteiger partial charge in [0.05, 0.1) is 0 Å². The first-order chi connectivity index (χ1) is 11.5. The van der Waals surface area contributed by atoms with Crippen LogP contribution in [0.3, 0.4) is 0 Å². The Morgan fingerprint density at radius 3 is 2.75 bits per heavy atom. The number of likely N-dealkylation sites (N-methyl/N-ethyl adjacent to an activating group) is 1. The molecule has 1 saturated carbocycles. The van der Waals surface area contributed by atoms with Crippen molar-refractivity contribution in [2.45, 2.75) is 50.4 Å². The maximum absolute atomic E-state index is 12.9. The molecule has 0 spiro atoms. The van der Waals surface area contributed by atoms with Crippen molar-refractivity contribution in [2.75, 3.05) is 13.7 Å². The topological polar surface area (TPSA) is 67.6 Å². The van der Waals surface area contributed by atoms with Crippen LogP contribution in [0.4, 0.5) is 0 Å². The van der Waals surface area contributed by atoms with Gasteiger partial charge < -0.3 is 9.64 Å². The van der Waals surface area contributed by atoms with Gasteiger partial charge in [-0.05, 0) is 30.5 Å². The van der Waals surface area contributed by atoms with E-state index in [2.05, 4.69) is 21.2 Å². The Bertz CT molecular complexity index is 591. The quantitative estimate of drug-likeness (QED) is 0.803. The van der Waals surface area contributed by atoms with E-state index in [1.54, 1.807) is 11.9 Å². The van der Waals surface area contributed by atoms with Crippen LogP contribution in [0, 0.1) is 5.92 Å². The lowest BCUT2D eigenvalue weighted by atomic mass is 9.79. The van der Waals surface area contributed by atoms with Crippen LogP contribution in [0.2, 0.25) is 0 Å². The van der Waals surface area contributed by atoms with E-state index in [1.807, 2.05) is 24.3 Å². The zero-order valence-electron chi connectivity index (χ0n) is 14.1. The van der Waals surface area contributed by atoms with Crippen molar-refractivity contribution in [1.29, 1.82) is 0 Å². The smallest absolute Gasteiger partial charge is 0.248 e. The minimum atomic E-state index is -0.724. The number of carbonyl (C=O) groups is 1. The fraction of sp³-hybridized carbons (Fsp3) is 0.611. The van der Waals surface area contributed by atoms with Gasteiger partial charge in [0.1, 0.15) is 24.2 Å². The van der Waals surface area contributed by atoms with E-state index in [0.29, 0.717) is 12.5 Å². The summed E-state index contributed by atoms with van der Waals surface area (Å²) in [4.78, 5) is 14.5. The molecule has 1 aromatic rings. The molecule has 0 bridgehead atoms. The summed E-state index contributed by atoms with van der Waals surface area (Å²) in [7, 11) is 1.75. The van der Waals surface area contributed by atoms with Gasteiger partial charge in [-0.25, -0.2) is 0 Å². The van der Waals surface area contributed by atoms with Gasteiger partial charge in [-0.2, -0.15) is 0 Å². The number of hydrogen-bond donors (Lipinski definition) is 2. The number of nitrogens with two attached hydrogens (primary N) is 1. The standard InChI is InChI=1S/C18H26BrN3O2/c1-22-16(23)18(21-17(22)20,11-13-6-3-2-4-7-13)12-24-15-9-5-8-14(19)10-15/h5,8-10,13,17,21H,2-4,6-7,11-12,20H2,1H3. The molecule has 1 aliphatic carbocycles. The van der Waals surface area contributed by atoms with E-state index in [0.717, 1.165) is 16.6 Å². The predicted octanol–water partition coefficient (Wildman–Crippen LogP) is 2.84. The lowest BCUT2D eigenvalue weighted by molar-refractivity contribution is -0.133. The number of halogens is 1. The average molecular weight is 396 g/mol. The van der Waals surface area contributed by atoms with E-state index in [9.17, 15) is 4.79 Å². The molecule has 2 unspecified atom stereocenters. The first kappa shape index (κ1) is 17.7. The third-order valence-corrected chi connectivity index (χ3v) is 5.71. The van der Waals surface area contributed by atoms with Gasteiger partial charge in [-0.15, -0.1) is 0 Å². The summed E-state index contributed by atoms with van der Waals surface area (Å²) in [6, 6.07) is 7.70. The molecule has 6 heteroatoms. The summed E-state index contributed by atoms with van der Waals surface area (Å²) in [6.07, 6.45) is 6.52. The minimum absolute atomic E-state index is 0.0376. The summed E-state index contributed by atoms with van der Waals surface area (Å²) in [5.41, 5.74) is 5.35. The van der Waals surface area contributed by atoms with Crippen molar-refractivity contribution in [1.82, 2.24) is 10.2 Å². The van der Waals surface area contributed by atoms with Gasteiger partial charge in [0.2, 0.25) is 5.91 Å². The Morgan fingerprint density at radius 1 is 1.38 bits per heavy atom. The molecule has 0 aromatic heterocycles. The van der Waals surface area contributed by atoms with Crippen LogP contribution >= 0.6 is 15.9 Å². The third-order valence-electron chi connectivity index (χ3n) is 5.21. The average Bonchev–Trinajstić information content (AvgIpc) is 2.78. The fourth-order valence-electron chi connectivity index (χ4n) is 3.86. The lowest BCUT2D eigenvalue weighted by Gasteiger charge is -2.33. The second-order valence-electron chi connectivity index (χ2n) is 7.04. The first-order valence-corrected chi connectivity index (χ1v) is 9.48. The first-order valence-electron chi connectivity index (χ1n) is 8.69. The summed E-state index contributed by atoms with van der Waals surface area (Å²) in [6.45, 7) is 0.302. The van der Waals surface area contributed by atoms with Crippen molar-refractivity contribution < 1.29 is 9.53 Å². The molecule has 1 amide bonds. The normalized spacial score (nSPS) is 28.4. The highest BCUT2D eigenvalue weighted by Crippen LogP contribution is 2.34. The highest BCUT2D eigenvalue weighted by Gasteiger charge is 2.50. The number of carbonyl (C=O) groups excluding carboxylic acids is 1. The highest BCUT2D eigenvalue weighted by molar-refractivity contribution is 9.10. The minimum Gasteiger partial charge on any atom is -0.491 e. The Kier molecular flexibility index (Phi) is 5.47. The van der Waals surface area contributed by atoms with Crippen LogP contribution in [0.25, 0.3) is 0 Å². The van der Waals surface area contributed by atoms with Gasteiger partial charge in [-0.1, -0.05) is 54.1 Å². The van der Waals surface area contributed by atoms with Crippen LogP contribution < -0.4 is 15.8 Å². The number of nitrogens with zero attached hydrogens (tertiary/aromatic N) is 1. The van der Waals surface area contributed by atoms with Crippen molar-refractivity contribution in [3.8, 4) is 5.75 Å². The molecule has 2 aliphatic rings. The zero-order valence-corrected chi connectivity index (χ0v) is 15.7. The van der Waals surface area contributed by atoms with Crippen LogP contribution in [-0.4, -0.2) is 36.3 Å². The summed E-state index contributed by atoms with van der Waals surface area (Å²) < 4.78 is 6.95. The molecule has 5 nitrogen and oxygen atoms in total. The van der Waals surface area contributed by atoms with Crippen LogP contribution in [0.1, 0.15) is 38.5 Å². The molecule has 1 aliphatic heterocycles. The van der Waals surface area contributed by atoms with Gasteiger partial charge in [-0.3, -0.25) is 15.8 Å². The van der Waals surface area contributed by atoms with Gasteiger partial charge in [0.25, 0.3) is 0 Å². The molecule has 1 aromatic carbocycles. The van der Waals surface area contributed by atoms with Crippen molar-refractivity contribution >= 4 is 21.8 Å². The molecule has 2 fully saturated rings. The van der Waals surface area contributed by atoms with E-state index in [1.165, 1.54) is 32.1 Å². The Balaban J connectivity index is 1.75. The monoisotopic (exact) mass is 395 g/mol. The highest BCUT2D eigenvalue weighted by atomic mass is 79.9. The maximum atomic E-state index is 12.9. The van der Waals surface area contributed by atoms with Crippen molar-refractivity contribution in [3.05, 3.63) is 28.7 Å². The molecule has 1 saturated heterocycles. The van der Waals surface area contributed by atoms with Crippen LogP contribution in [0.15, 0.2) is 28.7 Å². The maximum Gasteiger partial charge on any atom is 0.248 e. The molecule has 1 heterocycles. The van der Waals surface area contributed by atoms with Crippen molar-refractivity contribution in [3.63, 3.8) is 0 Å². The van der Waals surface area contributed by atoms with Gasteiger partial charge in [0.15, 0.2) is 0 Å². The molecule has 0 radical (unpaired) electrons. The number of amides is 1. The SMILES string of the molecule is CN1C(=O)C(COc2cccc(Br)c2)(CC2CCCCC2)NC1N. The third kappa shape index (κ3) is 3.76. The fourth-order valence-corrected chi connectivity index (χ4v) is 4.24. The second-order valence-corrected chi connectivity index (χ2v) is 7.96. The van der Waals surface area contributed by atoms with Crippen LogP contribution in [0.5, 0.6) is 5.75 Å². The number of benzene rings is 1. The Hall–Kier alpha value is -1.11. The summed E-state index contributed by atoms with van der Waals surface area (Å²) in [5, 5.41) is 3.32. The number of ether oxygens (including phenoxy) is 1. The van der Waals surface area contributed by atoms with Crippen molar-refractivity contribution in [2.24, 2.45) is 11.7 Å². The summed E-state index contributed by atoms with van der Waals surface area (Å²) in [5.74, 6) is 1.35. The van der Waals surface area contributed by atoms with E-state index >= 15 is 0 Å². The Morgan fingerprint density at radius 2 is 2.12 bits per heavy atom. The predicted molar refractivity (Wildman–Crippen MR) is 97.4 cm³/mol. The zero-order chi connectivity index (χ0) is 17.2. The largest absolute Gasteiger partial charge is 0.491 e. The molecular weight excluding hydrogens is 370 g/mol. The molecule has 2 atom stereocenters. The molecule has 3 N–H and O–H groups in total. The molecule has 24 heavy (non-hydrogen) atoms. The molecule has 3 rings (SSSR count). The van der Waals surface area contributed by atoms with Crippen LogP contribution in [-0.2, 0) is 4.79 Å². The lowest BCUT2D eigenvalue weighted by Crippen LogP contribution is -2.54. The summed E-state index contributed by atoms with van der Waals surface area (Å²) >= 11 is 3.45. The van der Waals surface area contributed by atoms with E-state index in [-0.39, 0.29) is 5.91 Å². The molecule has 132 valence electrons. The van der Waals surface area contributed by atoms with Gasteiger partial charge in [0, 0.05) is 11.5 Å². The van der Waals surface area contributed by atoms with Gasteiger partial charge >= 0.3 is 0 Å². The number of hydrogen-bond acceptors (Lipinski definition) is 4. The number of nitrogens with one attached hydrogen (secondary N) is 1. The van der Waals surface area contributed by atoms with E-state index in [4.69, 9.17) is 10.5 Å². The number of rotatable bonds is 5.